The first-order chi connectivity index (χ1) is 14.1. The quantitative estimate of drug-likeness (QED) is 0.605. The predicted octanol–water partition coefficient (Wildman–Crippen LogP) is 3.29. The van der Waals surface area contributed by atoms with Gasteiger partial charge in [0.1, 0.15) is 17.2 Å². The van der Waals surface area contributed by atoms with Gasteiger partial charge in [0.15, 0.2) is 5.57 Å². The minimum atomic E-state index is -0.777. The maximum atomic E-state index is 12.9. The minimum Gasteiger partial charge on any atom is -0.349 e. The number of imide groups is 1. The van der Waals surface area contributed by atoms with Gasteiger partial charge in [-0.3, -0.25) is 9.59 Å². The Bertz CT molecular complexity index is 1090. The van der Waals surface area contributed by atoms with E-state index in [0.717, 1.165) is 16.7 Å². The number of hydrogen-bond acceptors (Lipinski definition) is 7. The third-order valence-electron chi connectivity index (χ3n) is 4.10. The Labute approximate surface area is 171 Å². The van der Waals surface area contributed by atoms with Crippen LogP contribution in [0.2, 0.25) is 0 Å². The molecule has 0 radical (unpaired) electrons. The lowest BCUT2D eigenvalue weighted by atomic mass is 10.2. The molecular formula is C21H13N5O2S. The lowest BCUT2D eigenvalue weighted by Crippen LogP contribution is -2.31. The van der Waals surface area contributed by atoms with Crippen LogP contribution in [0.5, 0.6) is 0 Å². The van der Waals surface area contributed by atoms with Crippen LogP contribution in [-0.4, -0.2) is 17.1 Å². The molecule has 0 saturated carbocycles. The molecule has 0 aromatic heterocycles. The van der Waals surface area contributed by atoms with Crippen molar-refractivity contribution in [2.24, 2.45) is 0 Å². The summed E-state index contributed by atoms with van der Waals surface area (Å²) in [6.45, 7) is 0. The molecule has 2 amide bonds. The number of carbonyl (C=O) groups is 2. The van der Waals surface area contributed by atoms with E-state index in [-0.39, 0.29) is 22.9 Å². The van der Waals surface area contributed by atoms with Crippen molar-refractivity contribution in [1.82, 2.24) is 0 Å². The van der Waals surface area contributed by atoms with Crippen LogP contribution >= 0.6 is 11.8 Å². The van der Waals surface area contributed by atoms with Gasteiger partial charge in [0, 0.05) is 12.1 Å². The molecule has 1 saturated heterocycles. The summed E-state index contributed by atoms with van der Waals surface area (Å²) in [5.41, 5.74) is 1.28. The molecule has 2 aromatic carbocycles. The van der Waals surface area contributed by atoms with Crippen molar-refractivity contribution in [3.05, 3.63) is 70.8 Å². The second kappa shape index (κ2) is 8.75. The standard InChI is InChI=1S/C21H13N5O2S/c22-11-14-6-8-17(9-7-14)26-19(27)10-18(21(26)28)29-20(15(12-23)13-24)25-16-4-2-1-3-5-16/h1-9,18,25H,10H2. The Morgan fingerprint density at radius 3 is 2.24 bits per heavy atom. The molecule has 1 aliphatic heterocycles. The number of nitrogens with one attached hydrogen (secondary N) is 1. The van der Waals surface area contributed by atoms with Gasteiger partial charge in [-0.25, -0.2) is 4.90 Å². The molecule has 0 aliphatic carbocycles. The number of allylic oxidation sites excluding steroid dienone is 1. The third kappa shape index (κ3) is 4.27. The second-order valence-corrected chi connectivity index (χ2v) is 7.17. The van der Waals surface area contributed by atoms with E-state index in [1.165, 1.54) is 24.3 Å². The van der Waals surface area contributed by atoms with Gasteiger partial charge in [-0.15, -0.1) is 0 Å². The highest BCUT2D eigenvalue weighted by molar-refractivity contribution is 8.04. The van der Waals surface area contributed by atoms with Crippen LogP contribution in [0, 0.1) is 34.0 Å². The SMILES string of the molecule is N#CC(C#N)=C(Nc1ccccc1)SC1CC(=O)N(c2ccc(C#N)cc2)C1=O. The number of para-hydroxylation sites is 1. The normalized spacial score (nSPS) is 15.2. The number of thioether (sulfide) groups is 1. The van der Waals surface area contributed by atoms with E-state index < -0.39 is 11.2 Å². The highest BCUT2D eigenvalue weighted by atomic mass is 32.2. The molecule has 140 valence electrons. The Morgan fingerprint density at radius 2 is 1.66 bits per heavy atom. The molecule has 29 heavy (non-hydrogen) atoms. The minimum absolute atomic E-state index is 0.0619. The number of carbonyl (C=O) groups excluding carboxylic acids is 2. The summed E-state index contributed by atoms with van der Waals surface area (Å²) in [5, 5.41) is 29.9. The number of amides is 2. The van der Waals surface area contributed by atoms with Crippen LogP contribution in [-0.2, 0) is 9.59 Å². The molecule has 0 spiro atoms. The van der Waals surface area contributed by atoms with Gasteiger partial charge in [-0.05, 0) is 36.4 Å². The summed E-state index contributed by atoms with van der Waals surface area (Å²) in [4.78, 5) is 26.4. The lowest BCUT2D eigenvalue weighted by Gasteiger charge is -2.16. The number of benzene rings is 2. The van der Waals surface area contributed by atoms with Gasteiger partial charge >= 0.3 is 0 Å². The molecule has 1 N–H and O–H groups in total. The summed E-state index contributed by atoms with van der Waals surface area (Å²) >= 11 is 0.981. The molecule has 0 bridgehead atoms. The Hall–Kier alpha value is -4.06. The molecule has 2 aromatic rings. The van der Waals surface area contributed by atoms with Crippen LogP contribution in [0.15, 0.2) is 65.2 Å². The van der Waals surface area contributed by atoms with Crippen LogP contribution < -0.4 is 10.2 Å². The Kier molecular flexibility index (Phi) is 5.94. The van der Waals surface area contributed by atoms with Crippen molar-refractivity contribution < 1.29 is 9.59 Å². The summed E-state index contributed by atoms with van der Waals surface area (Å²) in [6.07, 6.45) is -0.0619. The summed E-state index contributed by atoms with van der Waals surface area (Å²) < 4.78 is 0. The van der Waals surface area contributed by atoms with E-state index >= 15 is 0 Å². The van der Waals surface area contributed by atoms with Crippen molar-refractivity contribution in [3.63, 3.8) is 0 Å². The summed E-state index contributed by atoms with van der Waals surface area (Å²) in [6, 6.07) is 20.7. The van der Waals surface area contributed by atoms with Crippen molar-refractivity contribution in [1.29, 1.82) is 15.8 Å². The average Bonchev–Trinajstić information content (AvgIpc) is 3.02. The van der Waals surface area contributed by atoms with Gasteiger partial charge in [-0.1, -0.05) is 30.0 Å². The first-order valence-corrected chi connectivity index (χ1v) is 9.35. The molecule has 3 rings (SSSR count). The number of rotatable bonds is 5. The molecule has 1 unspecified atom stereocenters. The van der Waals surface area contributed by atoms with Gasteiger partial charge < -0.3 is 5.32 Å². The van der Waals surface area contributed by atoms with E-state index in [1.807, 2.05) is 24.3 Å². The zero-order valence-electron chi connectivity index (χ0n) is 15.0. The van der Waals surface area contributed by atoms with E-state index in [2.05, 4.69) is 5.32 Å². The largest absolute Gasteiger partial charge is 0.349 e. The maximum Gasteiger partial charge on any atom is 0.247 e. The van der Waals surface area contributed by atoms with E-state index in [1.54, 1.807) is 24.3 Å². The smallest absolute Gasteiger partial charge is 0.247 e. The van der Waals surface area contributed by atoms with E-state index in [4.69, 9.17) is 5.26 Å². The van der Waals surface area contributed by atoms with Crippen LogP contribution in [0.1, 0.15) is 12.0 Å². The summed E-state index contributed by atoms with van der Waals surface area (Å²) in [7, 11) is 0. The number of nitriles is 3. The fourth-order valence-corrected chi connectivity index (χ4v) is 3.83. The fraction of sp³-hybridized carbons (Fsp3) is 0.0952. The van der Waals surface area contributed by atoms with E-state index in [0.29, 0.717) is 16.9 Å². The molecule has 1 atom stereocenters. The zero-order chi connectivity index (χ0) is 20.8. The monoisotopic (exact) mass is 399 g/mol. The van der Waals surface area contributed by atoms with Crippen molar-refractivity contribution >= 4 is 35.0 Å². The Balaban J connectivity index is 1.85. The lowest BCUT2D eigenvalue weighted by molar-refractivity contribution is -0.121. The molecule has 1 fully saturated rings. The highest BCUT2D eigenvalue weighted by Crippen LogP contribution is 2.35. The first-order valence-electron chi connectivity index (χ1n) is 8.47. The number of anilines is 2. The molecular weight excluding hydrogens is 386 g/mol. The number of hydrogen-bond donors (Lipinski definition) is 1. The van der Waals surface area contributed by atoms with Crippen molar-refractivity contribution in [3.8, 4) is 18.2 Å². The Morgan fingerprint density at radius 1 is 1.00 bits per heavy atom. The van der Waals surface area contributed by atoms with Crippen LogP contribution in [0.4, 0.5) is 11.4 Å². The highest BCUT2D eigenvalue weighted by Gasteiger charge is 2.41. The predicted molar refractivity (Wildman–Crippen MR) is 108 cm³/mol. The second-order valence-electron chi connectivity index (χ2n) is 5.96. The number of nitrogens with zero attached hydrogens (tertiary/aromatic N) is 4. The van der Waals surface area contributed by atoms with Gasteiger partial charge in [-0.2, -0.15) is 15.8 Å². The van der Waals surface area contributed by atoms with Crippen LogP contribution in [0.3, 0.4) is 0 Å². The van der Waals surface area contributed by atoms with Gasteiger partial charge in [0.2, 0.25) is 11.8 Å². The summed E-state index contributed by atoms with van der Waals surface area (Å²) in [5.74, 6) is -0.820. The first kappa shape index (κ1) is 19.7. The van der Waals surface area contributed by atoms with Crippen molar-refractivity contribution in [2.75, 3.05) is 10.2 Å². The molecule has 1 aliphatic rings. The maximum absolute atomic E-state index is 12.9. The topological polar surface area (TPSA) is 121 Å². The van der Waals surface area contributed by atoms with Crippen molar-refractivity contribution in [2.45, 2.75) is 11.7 Å². The molecule has 7 nitrogen and oxygen atoms in total. The van der Waals surface area contributed by atoms with E-state index in [9.17, 15) is 20.1 Å². The third-order valence-corrected chi connectivity index (χ3v) is 5.30. The van der Waals surface area contributed by atoms with Gasteiger partial charge in [0.25, 0.3) is 0 Å². The zero-order valence-corrected chi connectivity index (χ0v) is 15.8. The fourth-order valence-electron chi connectivity index (χ4n) is 2.72. The molecule has 8 heteroatoms. The average molecular weight is 399 g/mol. The molecule has 1 heterocycles. The van der Waals surface area contributed by atoms with Gasteiger partial charge in [0.05, 0.1) is 22.6 Å². The van der Waals surface area contributed by atoms with Crippen LogP contribution in [0.25, 0.3) is 0 Å².